The zero-order chi connectivity index (χ0) is 10.5. The number of aromatic hydroxyl groups is 1. The minimum atomic E-state index is 0.267. The van der Waals surface area contributed by atoms with Crippen molar-refractivity contribution in [2.45, 2.75) is 6.54 Å². The Morgan fingerprint density at radius 1 is 1.07 bits per heavy atom. The summed E-state index contributed by atoms with van der Waals surface area (Å²) < 4.78 is 0. The monoisotopic (exact) mass is 201 g/mol. The summed E-state index contributed by atoms with van der Waals surface area (Å²) in [6.45, 7) is 0.672. The number of aromatic nitrogens is 2. The van der Waals surface area contributed by atoms with Gasteiger partial charge in [0.2, 0.25) is 0 Å². The molecule has 0 aliphatic carbocycles. The Bertz CT molecular complexity index is 414. The molecule has 0 bridgehead atoms. The molecule has 0 aliphatic heterocycles. The molecule has 0 spiro atoms. The Kier molecular flexibility index (Phi) is 2.78. The highest BCUT2D eigenvalue weighted by molar-refractivity contribution is 5.46. The number of nitrogens with zero attached hydrogens (tertiary/aromatic N) is 2. The van der Waals surface area contributed by atoms with E-state index in [1.807, 2.05) is 12.1 Å². The topological polar surface area (TPSA) is 58.0 Å². The first-order chi connectivity index (χ1) is 7.34. The Balaban J connectivity index is 1.96. The van der Waals surface area contributed by atoms with Crippen LogP contribution in [0.5, 0.6) is 5.75 Å². The quantitative estimate of drug-likeness (QED) is 0.743. The minimum absolute atomic E-state index is 0.267. The molecule has 2 N–H and O–H groups in total. The minimum Gasteiger partial charge on any atom is -0.508 e. The van der Waals surface area contributed by atoms with E-state index in [-0.39, 0.29) is 5.75 Å². The molecule has 4 heteroatoms. The summed E-state index contributed by atoms with van der Waals surface area (Å²) in [6, 6.07) is 6.92. The van der Waals surface area contributed by atoms with E-state index < -0.39 is 0 Å². The Labute approximate surface area is 87.6 Å². The number of nitrogens with one attached hydrogen (secondary N) is 1. The molecule has 1 aromatic heterocycles. The summed E-state index contributed by atoms with van der Waals surface area (Å²) in [5.74, 6) is 0.267. The van der Waals surface area contributed by atoms with Crippen molar-refractivity contribution in [1.29, 1.82) is 0 Å². The molecule has 0 fully saturated rings. The zero-order valence-corrected chi connectivity index (χ0v) is 8.09. The Morgan fingerprint density at radius 3 is 2.40 bits per heavy atom. The van der Waals surface area contributed by atoms with Crippen LogP contribution in [-0.2, 0) is 6.54 Å². The van der Waals surface area contributed by atoms with Gasteiger partial charge in [0.05, 0.1) is 0 Å². The summed E-state index contributed by atoms with van der Waals surface area (Å²) in [5, 5.41) is 12.3. The molecule has 0 aliphatic rings. The summed E-state index contributed by atoms with van der Waals surface area (Å²) in [6.07, 6.45) is 5.03. The maximum Gasteiger partial charge on any atom is 0.115 e. The van der Waals surface area contributed by atoms with Gasteiger partial charge in [-0.2, -0.15) is 0 Å². The lowest BCUT2D eigenvalue weighted by Crippen LogP contribution is -1.99. The molecule has 0 radical (unpaired) electrons. The van der Waals surface area contributed by atoms with Crippen LogP contribution in [0.4, 0.5) is 5.69 Å². The van der Waals surface area contributed by atoms with Gasteiger partial charge in [-0.05, 0) is 24.3 Å². The van der Waals surface area contributed by atoms with Crippen molar-refractivity contribution < 1.29 is 5.11 Å². The van der Waals surface area contributed by atoms with E-state index in [9.17, 15) is 0 Å². The summed E-state index contributed by atoms with van der Waals surface area (Å²) >= 11 is 0. The van der Waals surface area contributed by atoms with Gasteiger partial charge < -0.3 is 10.4 Å². The van der Waals surface area contributed by atoms with Crippen molar-refractivity contribution in [2.24, 2.45) is 0 Å². The van der Waals surface area contributed by atoms with Crippen LogP contribution in [0.1, 0.15) is 5.56 Å². The predicted molar refractivity (Wildman–Crippen MR) is 57.5 cm³/mol. The summed E-state index contributed by atoms with van der Waals surface area (Å²) in [7, 11) is 0. The highest BCUT2D eigenvalue weighted by atomic mass is 16.3. The van der Waals surface area contributed by atoms with Gasteiger partial charge in [0.1, 0.15) is 12.1 Å². The molecule has 1 heterocycles. The maximum absolute atomic E-state index is 9.09. The van der Waals surface area contributed by atoms with Crippen molar-refractivity contribution in [3.8, 4) is 5.75 Å². The highest BCUT2D eigenvalue weighted by Crippen LogP contribution is 2.14. The first-order valence-corrected chi connectivity index (χ1v) is 4.61. The molecule has 2 rings (SSSR count). The van der Waals surface area contributed by atoms with Crippen LogP contribution in [0.3, 0.4) is 0 Å². The van der Waals surface area contributed by atoms with Crippen LogP contribution in [0.15, 0.2) is 43.0 Å². The number of phenolic OH excluding ortho intramolecular Hbond substituents is 1. The third-order valence-corrected chi connectivity index (χ3v) is 1.98. The molecule has 4 nitrogen and oxygen atoms in total. The van der Waals surface area contributed by atoms with Gasteiger partial charge in [-0.3, -0.25) is 0 Å². The van der Waals surface area contributed by atoms with E-state index in [2.05, 4.69) is 15.3 Å². The summed E-state index contributed by atoms with van der Waals surface area (Å²) in [4.78, 5) is 7.84. The van der Waals surface area contributed by atoms with Crippen LogP contribution in [0.25, 0.3) is 0 Å². The fourth-order valence-electron chi connectivity index (χ4n) is 1.20. The first-order valence-electron chi connectivity index (χ1n) is 4.61. The van der Waals surface area contributed by atoms with Gasteiger partial charge in [-0.15, -0.1) is 0 Å². The first kappa shape index (κ1) is 9.45. The molecule has 76 valence electrons. The van der Waals surface area contributed by atoms with Gasteiger partial charge >= 0.3 is 0 Å². The third kappa shape index (κ3) is 2.67. The highest BCUT2D eigenvalue weighted by Gasteiger charge is 1.94. The largest absolute Gasteiger partial charge is 0.508 e. The smallest absolute Gasteiger partial charge is 0.115 e. The molecule has 0 atom stereocenters. The number of anilines is 1. The van der Waals surface area contributed by atoms with E-state index in [1.54, 1.807) is 24.5 Å². The zero-order valence-electron chi connectivity index (χ0n) is 8.09. The second kappa shape index (κ2) is 4.41. The van der Waals surface area contributed by atoms with E-state index in [1.165, 1.54) is 6.33 Å². The average molecular weight is 201 g/mol. The van der Waals surface area contributed by atoms with Crippen LogP contribution in [0, 0.1) is 0 Å². The molecule has 0 saturated heterocycles. The maximum atomic E-state index is 9.09. The lowest BCUT2D eigenvalue weighted by atomic mass is 10.3. The van der Waals surface area contributed by atoms with Gasteiger partial charge in [0, 0.05) is 30.2 Å². The Hall–Kier alpha value is -2.10. The number of benzene rings is 1. The van der Waals surface area contributed by atoms with Gasteiger partial charge in [0.15, 0.2) is 0 Å². The molecule has 2 aromatic rings. The Morgan fingerprint density at radius 2 is 1.73 bits per heavy atom. The van der Waals surface area contributed by atoms with Crippen molar-refractivity contribution in [2.75, 3.05) is 5.32 Å². The van der Waals surface area contributed by atoms with Gasteiger partial charge in [-0.1, -0.05) is 0 Å². The second-order valence-corrected chi connectivity index (χ2v) is 3.15. The fourth-order valence-corrected chi connectivity index (χ4v) is 1.20. The summed E-state index contributed by atoms with van der Waals surface area (Å²) in [5.41, 5.74) is 1.97. The molecular formula is C11H11N3O. The van der Waals surface area contributed by atoms with Crippen LogP contribution in [0.2, 0.25) is 0 Å². The molecule has 15 heavy (non-hydrogen) atoms. The van der Waals surface area contributed by atoms with Crippen LogP contribution in [-0.4, -0.2) is 15.1 Å². The number of hydrogen-bond donors (Lipinski definition) is 2. The van der Waals surface area contributed by atoms with E-state index in [0.717, 1.165) is 11.3 Å². The van der Waals surface area contributed by atoms with Crippen molar-refractivity contribution in [3.63, 3.8) is 0 Å². The van der Waals surface area contributed by atoms with E-state index in [0.29, 0.717) is 6.54 Å². The molecule has 0 amide bonds. The average Bonchev–Trinajstić information content (AvgIpc) is 2.30. The van der Waals surface area contributed by atoms with Crippen molar-refractivity contribution >= 4 is 5.69 Å². The van der Waals surface area contributed by atoms with Crippen molar-refractivity contribution in [1.82, 2.24) is 9.97 Å². The molecular weight excluding hydrogens is 190 g/mol. The van der Waals surface area contributed by atoms with Crippen molar-refractivity contribution in [3.05, 3.63) is 48.5 Å². The lowest BCUT2D eigenvalue weighted by molar-refractivity contribution is 0.475. The normalized spacial score (nSPS) is 9.87. The lowest BCUT2D eigenvalue weighted by Gasteiger charge is -2.05. The van der Waals surface area contributed by atoms with Gasteiger partial charge in [0.25, 0.3) is 0 Å². The number of hydrogen-bond acceptors (Lipinski definition) is 4. The van der Waals surface area contributed by atoms with Crippen LogP contribution < -0.4 is 5.32 Å². The third-order valence-electron chi connectivity index (χ3n) is 1.98. The van der Waals surface area contributed by atoms with E-state index in [4.69, 9.17) is 5.11 Å². The molecule has 1 aromatic carbocycles. The molecule has 0 unspecified atom stereocenters. The number of phenols is 1. The fraction of sp³-hybridized carbons (Fsp3) is 0.0909. The standard InChI is InChI=1S/C11H11N3O/c15-11-3-1-10(2-4-11)14-7-9-5-12-8-13-6-9/h1-6,8,14-15H,7H2. The number of rotatable bonds is 3. The van der Waals surface area contributed by atoms with Gasteiger partial charge in [-0.25, -0.2) is 9.97 Å². The SMILES string of the molecule is Oc1ccc(NCc2cncnc2)cc1. The van der Waals surface area contributed by atoms with Crippen LogP contribution >= 0.6 is 0 Å². The predicted octanol–water partition coefficient (Wildman–Crippen LogP) is 1.79. The van der Waals surface area contributed by atoms with E-state index >= 15 is 0 Å². The molecule has 0 saturated carbocycles. The second-order valence-electron chi connectivity index (χ2n) is 3.15.